The number of nitrogens with zero attached hydrogens (tertiary/aromatic N) is 2. The second-order valence-corrected chi connectivity index (χ2v) is 11.7. The summed E-state index contributed by atoms with van der Waals surface area (Å²) in [6, 6.07) is 3.93. The number of benzene rings is 1. The minimum absolute atomic E-state index is 0.00162. The van der Waals surface area contributed by atoms with Crippen LogP contribution in [0.25, 0.3) is 0 Å². The highest BCUT2D eigenvalue weighted by atomic mass is 35.5. The zero-order chi connectivity index (χ0) is 20.8. The average Bonchev–Trinajstić information content (AvgIpc) is 3.20. The molecule has 3 aliphatic rings. The Morgan fingerprint density at radius 3 is 2.72 bits per heavy atom. The van der Waals surface area contributed by atoms with Crippen LogP contribution in [0.2, 0.25) is 5.02 Å². The maximum Gasteiger partial charge on any atom is 0.248 e. The number of hydrogen-bond donors (Lipinski definition) is 1. The Hall–Kier alpha value is -1.29. The number of amides is 2. The third-order valence-electron chi connectivity index (χ3n) is 5.88. The largest absolute Gasteiger partial charge is 0.324 e. The lowest BCUT2D eigenvalue weighted by atomic mass is 10.2. The van der Waals surface area contributed by atoms with Crippen LogP contribution < -0.4 is 5.32 Å². The van der Waals surface area contributed by atoms with E-state index in [0.29, 0.717) is 31.0 Å². The molecule has 29 heavy (non-hydrogen) atoms. The molecular weight excluding hydrogens is 434 g/mol. The van der Waals surface area contributed by atoms with Gasteiger partial charge in [0.25, 0.3) is 0 Å². The predicted octanol–water partition coefficient (Wildman–Crippen LogP) is 2.91. The molecule has 4 rings (SSSR count). The van der Waals surface area contributed by atoms with Gasteiger partial charge in [0.15, 0.2) is 0 Å². The molecule has 2 atom stereocenters. The third-order valence-corrected chi connectivity index (χ3v) is 9.76. The molecule has 0 aromatic heterocycles. The van der Waals surface area contributed by atoms with Crippen LogP contribution in [0.4, 0.5) is 5.69 Å². The van der Waals surface area contributed by atoms with E-state index in [9.17, 15) is 18.0 Å². The maximum absolute atomic E-state index is 13.0. The Morgan fingerprint density at radius 1 is 1.28 bits per heavy atom. The fourth-order valence-corrected chi connectivity index (χ4v) is 7.71. The summed E-state index contributed by atoms with van der Waals surface area (Å²) in [4.78, 5) is 26.5. The van der Waals surface area contributed by atoms with Gasteiger partial charge in [0, 0.05) is 31.0 Å². The first-order valence-corrected chi connectivity index (χ1v) is 12.6. The first-order chi connectivity index (χ1) is 13.7. The summed E-state index contributed by atoms with van der Waals surface area (Å²) in [6.45, 7) is 2.94. The topological polar surface area (TPSA) is 86.8 Å². The van der Waals surface area contributed by atoms with Gasteiger partial charge in [-0.05, 0) is 44.4 Å². The van der Waals surface area contributed by atoms with Crippen molar-refractivity contribution in [2.45, 2.75) is 54.8 Å². The Morgan fingerprint density at radius 2 is 2.00 bits per heavy atom. The quantitative estimate of drug-likeness (QED) is 0.751. The summed E-state index contributed by atoms with van der Waals surface area (Å²) in [7, 11) is -3.72. The minimum Gasteiger partial charge on any atom is -0.324 e. The molecule has 0 spiro atoms. The van der Waals surface area contributed by atoms with Crippen LogP contribution in [0, 0.1) is 0 Å². The van der Waals surface area contributed by atoms with Gasteiger partial charge in [-0.1, -0.05) is 18.0 Å². The number of halogens is 1. The second-order valence-electron chi connectivity index (χ2n) is 7.86. The molecule has 2 amide bonds. The number of fused-ring (bicyclic) bond motifs is 1. The highest BCUT2D eigenvalue weighted by molar-refractivity contribution is 8.01. The van der Waals surface area contributed by atoms with Crippen molar-refractivity contribution >= 4 is 50.9 Å². The molecular formula is C19H24ClN3O4S2. The standard InChI is InChI=1S/C19H24ClN3O4S2/c1-19-8-7-17(24)23(19)15(12-28-19)18(25)21-13-5-6-14(20)16(11-13)29(26,27)22-9-3-2-4-10-22/h5-6,11,15H,2-4,7-10,12H2,1H3,(H,21,25)/t15-,19+/m0/s1. The molecule has 1 N–H and O–H groups in total. The lowest BCUT2D eigenvalue weighted by molar-refractivity contribution is -0.135. The van der Waals surface area contributed by atoms with E-state index in [2.05, 4.69) is 5.32 Å². The summed E-state index contributed by atoms with van der Waals surface area (Å²) in [5.74, 6) is 0.211. The molecule has 3 fully saturated rings. The van der Waals surface area contributed by atoms with Crippen molar-refractivity contribution < 1.29 is 18.0 Å². The predicted molar refractivity (Wildman–Crippen MR) is 113 cm³/mol. The van der Waals surface area contributed by atoms with E-state index in [1.54, 1.807) is 22.7 Å². The van der Waals surface area contributed by atoms with Gasteiger partial charge < -0.3 is 10.2 Å². The van der Waals surface area contributed by atoms with Crippen LogP contribution in [0.3, 0.4) is 0 Å². The third kappa shape index (κ3) is 3.78. The first-order valence-electron chi connectivity index (χ1n) is 9.79. The molecule has 3 aliphatic heterocycles. The first kappa shape index (κ1) is 21.0. The van der Waals surface area contributed by atoms with Crippen molar-refractivity contribution in [2.75, 3.05) is 24.2 Å². The van der Waals surface area contributed by atoms with Crippen LogP contribution in [-0.2, 0) is 19.6 Å². The van der Waals surface area contributed by atoms with Gasteiger partial charge in [-0.25, -0.2) is 8.42 Å². The number of carbonyl (C=O) groups is 2. The van der Waals surface area contributed by atoms with E-state index in [1.165, 1.54) is 16.4 Å². The van der Waals surface area contributed by atoms with Gasteiger partial charge in [0.05, 0.1) is 9.89 Å². The highest BCUT2D eigenvalue weighted by Gasteiger charge is 2.52. The number of carbonyl (C=O) groups excluding carboxylic acids is 2. The van der Waals surface area contributed by atoms with E-state index in [1.807, 2.05) is 6.92 Å². The fraction of sp³-hybridized carbons (Fsp3) is 0.579. The molecule has 10 heteroatoms. The maximum atomic E-state index is 13.0. The van der Waals surface area contributed by atoms with E-state index in [0.717, 1.165) is 25.7 Å². The molecule has 1 aromatic rings. The number of thioether (sulfide) groups is 1. The van der Waals surface area contributed by atoms with Gasteiger partial charge in [0.2, 0.25) is 21.8 Å². The lowest BCUT2D eigenvalue weighted by Crippen LogP contribution is -2.48. The van der Waals surface area contributed by atoms with Crippen LogP contribution in [-0.4, -0.2) is 59.2 Å². The Labute approximate surface area is 180 Å². The summed E-state index contributed by atoms with van der Waals surface area (Å²) in [5, 5.41) is 2.92. The molecule has 0 saturated carbocycles. The van der Waals surface area contributed by atoms with Crippen molar-refractivity contribution in [2.24, 2.45) is 0 Å². The van der Waals surface area contributed by atoms with Gasteiger partial charge in [-0.2, -0.15) is 4.31 Å². The number of sulfonamides is 1. The second kappa shape index (κ2) is 7.76. The van der Waals surface area contributed by atoms with Gasteiger partial charge in [0.1, 0.15) is 10.9 Å². The zero-order valence-electron chi connectivity index (χ0n) is 16.2. The Balaban J connectivity index is 1.55. The van der Waals surface area contributed by atoms with E-state index >= 15 is 0 Å². The number of piperidine rings is 1. The van der Waals surface area contributed by atoms with Crippen molar-refractivity contribution in [1.29, 1.82) is 0 Å². The molecule has 3 heterocycles. The monoisotopic (exact) mass is 457 g/mol. The summed E-state index contributed by atoms with van der Waals surface area (Å²) in [5.41, 5.74) is 0.361. The van der Waals surface area contributed by atoms with Crippen LogP contribution in [0.1, 0.15) is 39.0 Å². The Kier molecular flexibility index (Phi) is 5.61. The van der Waals surface area contributed by atoms with Gasteiger partial charge >= 0.3 is 0 Å². The van der Waals surface area contributed by atoms with Crippen molar-refractivity contribution in [3.63, 3.8) is 0 Å². The average molecular weight is 458 g/mol. The number of nitrogens with one attached hydrogen (secondary N) is 1. The fourth-order valence-electron chi connectivity index (χ4n) is 4.26. The molecule has 3 saturated heterocycles. The Bertz CT molecular complexity index is 949. The molecule has 0 bridgehead atoms. The van der Waals surface area contributed by atoms with Crippen LogP contribution in [0.5, 0.6) is 0 Å². The van der Waals surface area contributed by atoms with Gasteiger partial charge in [-0.15, -0.1) is 11.8 Å². The van der Waals surface area contributed by atoms with Crippen molar-refractivity contribution in [3.05, 3.63) is 23.2 Å². The molecule has 158 valence electrons. The smallest absolute Gasteiger partial charge is 0.248 e. The van der Waals surface area contributed by atoms with Crippen LogP contribution in [0.15, 0.2) is 23.1 Å². The van der Waals surface area contributed by atoms with Crippen LogP contribution >= 0.6 is 23.4 Å². The number of anilines is 1. The highest BCUT2D eigenvalue weighted by Crippen LogP contribution is 2.47. The van der Waals surface area contributed by atoms with E-state index < -0.39 is 16.1 Å². The summed E-state index contributed by atoms with van der Waals surface area (Å²) >= 11 is 7.81. The van der Waals surface area contributed by atoms with E-state index in [-0.39, 0.29) is 26.6 Å². The van der Waals surface area contributed by atoms with Gasteiger partial charge in [-0.3, -0.25) is 9.59 Å². The minimum atomic E-state index is -3.72. The van der Waals surface area contributed by atoms with Crippen molar-refractivity contribution in [1.82, 2.24) is 9.21 Å². The normalized spacial score (nSPS) is 27.9. The molecule has 1 aromatic carbocycles. The SMILES string of the molecule is C[C@@]12CCC(=O)N1[C@H](C(=O)Nc1ccc(Cl)c(S(=O)(=O)N3CCCCC3)c1)CS2. The lowest BCUT2D eigenvalue weighted by Gasteiger charge is -2.30. The number of rotatable bonds is 4. The molecule has 0 unspecified atom stereocenters. The van der Waals surface area contributed by atoms with E-state index in [4.69, 9.17) is 11.6 Å². The summed E-state index contributed by atoms with van der Waals surface area (Å²) < 4.78 is 27.5. The molecule has 0 aliphatic carbocycles. The summed E-state index contributed by atoms with van der Waals surface area (Å²) in [6.07, 6.45) is 3.86. The zero-order valence-corrected chi connectivity index (χ0v) is 18.6. The van der Waals surface area contributed by atoms with Crippen molar-refractivity contribution in [3.8, 4) is 0 Å². The number of hydrogen-bond acceptors (Lipinski definition) is 5. The molecule has 7 nitrogen and oxygen atoms in total. The molecule has 0 radical (unpaired) electrons.